The van der Waals surface area contributed by atoms with E-state index in [1.807, 2.05) is 6.92 Å². The summed E-state index contributed by atoms with van der Waals surface area (Å²) in [4.78, 5) is 140. The van der Waals surface area contributed by atoms with E-state index in [1.165, 1.54) is 68.8 Å². The fourth-order valence-corrected chi connectivity index (χ4v) is 7.75. The Kier molecular flexibility index (Phi) is 41.6. The molecule has 0 aliphatic rings. The zero-order valence-corrected chi connectivity index (χ0v) is 60.3. The molecule has 40 nitrogen and oxygen atoms in total. The molecule has 0 saturated carbocycles. The number of phenolic OH excluding ortho intramolecular Hbond substituents is 14. The van der Waals surface area contributed by atoms with Gasteiger partial charge < -0.3 is 90.4 Å². The van der Waals surface area contributed by atoms with Crippen LogP contribution >= 0.6 is 0 Å². The molecule has 0 aromatic heterocycles. The minimum atomic E-state index is -4.81. The third kappa shape index (κ3) is 33.9. The van der Waals surface area contributed by atoms with Crippen molar-refractivity contribution in [2.45, 2.75) is 13.3 Å². The van der Waals surface area contributed by atoms with Crippen LogP contribution in [0, 0.1) is 40.5 Å². The lowest BCUT2D eigenvalue weighted by atomic mass is 10.2. The van der Waals surface area contributed by atoms with Crippen LogP contribution in [0.4, 0.5) is 35.9 Å². The van der Waals surface area contributed by atoms with Gasteiger partial charge in [0.15, 0.2) is 88.4 Å². The average Bonchev–Trinajstić information content (AvgIpc) is 0.882. The zero-order chi connectivity index (χ0) is 89.7. The van der Waals surface area contributed by atoms with E-state index in [0.717, 1.165) is 103 Å². The highest BCUT2D eigenvalue weighted by atomic mass is 19.4. The van der Waals surface area contributed by atoms with Gasteiger partial charge in [0.25, 0.3) is 11.4 Å². The van der Waals surface area contributed by atoms with Crippen molar-refractivity contribution in [1.82, 2.24) is 0 Å². The largest absolute Gasteiger partial charge is 0.573 e. The third-order valence-corrected chi connectivity index (χ3v) is 13.3. The minimum absolute atomic E-state index is 0.0166. The van der Waals surface area contributed by atoms with Crippen molar-refractivity contribution in [3.63, 3.8) is 0 Å². The number of carbonyl (C=O) groups excluding carboxylic acids is 10. The van der Waals surface area contributed by atoms with E-state index in [9.17, 15) is 107 Å². The second-order valence-corrected chi connectivity index (χ2v) is 21.3. The Morgan fingerprint density at radius 3 is 1.14 bits per heavy atom. The minimum Gasteiger partial charge on any atom is -0.508 e. The number of carbonyl (C=O) groups is 10. The lowest BCUT2D eigenvalue weighted by molar-refractivity contribution is -0.386. The quantitative estimate of drug-likeness (QED) is 0.0155. The Morgan fingerprint density at radius 1 is 0.322 bits per heavy atom. The van der Waals surface area contributed by atoms with Crippen LogP contribution in [0.2, 0.25) is 0 Å². The van der Waals surface area contributed by atoms with Crippen LogP contribution in [0.3, 0.4) is 0 Å². The molecular formula is C75H63F3N4O36. The molecule has 620 valence electrons. The summed E-state index contributed by atoms with van der Waals surface area (Å²) in [6.45, 7) is 2.28. The fourth-order valence-electron chi connectivity index (χ4n) is 7.75. The number of aromatic hydroxyl groups is 14. The van der Waals surface area contributed by atoms with Crippen LogP contribution in [-0.2, 0) is 0 Å². The van der Waals surface area contributed by atoms with Gasteiger partial charge in [0.1, 0.15) is 78.0 Å². The van der Waals surface area contributed by atoms with Crippen molar-refractivity contribution in [2.24, 2.45) is 0 Å². The second kappa shape index (κ2) is 49.8. The molecule has 0 atom stereocenters. The monoisotopic (exact) mass is 1650 g/mol. The highest BCUT2D eigenvalue weighted by Gasteiger charge is 2.31. The number of phenols is 14. The zero-order valence-electron chi connectivity index (χ0n) is 60.3. The summed E-state index contributed by atoms with van der Waals surface area (Å²) in [5, 5.41) is 166. The molecule has 0 heterocycles. The maximum Gasteiger partial charge on any atom is 0.573 e. The van der Waals surface area contributed by atoms with Gasteiger partial charge >= 0.3 is 17.7 Å². The van der Waals surface area contributed by atoms with Crippen LogP contribution < -0.4 is 18.9 Å². The van der Waals surface area contributed by atoms with Gasteiger partial charge in [-0.3, -0.25) is 88.4 Å². The Morgan fingerprint density at radius 2 is 0.720 bits per heavy atom. The number of hydrogen-bond acceptors (Lipinski definition) is 36. The number of non-ortho nitro benzene ring substituents is 1. The molecule has 0 amide bonds. The first kappa shape index (κ1) is 98.7. The number of ether oxygens (including phenoxy) is 4. The average molecular weight is 1650 g/mol. The first-order valence-electron chi connectivity index (χ1n) is 31.3. The number of aldehydes is 10. The number of alkyl halides is 3. The number of benzene rings is 10. The van der Waals surface area contributed by atoms with Crippen LogP contribution in [0.15, 0.2) is 170 Å². The molecule has 0 radical (unpaired) electrons. The molecule has 0 unspecified atom stereocenters. The molecule has 14 N–H and O–H groups in total. The lowest BCUT2D eigenvalue weighted by Crippen LogP contribution is -2.17. The van der Waals surface area contributed by atoms with Crippen molar-refractivity contribution < 1.29 is 171 Å². The fraction of sp³-hybridized carbons (Fsp3) is 0.0667. The van der Waals surface area contributed by atoms with Gasteiger partial charge in [0.2, 0.25) is 0 Å². The topological polar surface area (TPSA) is 663 Å². The molecule has 10 aromatic rings. The van der Waals surface area contributed by atoms with Gasteiger partial charge in [-0.05, 0) is 134 Å². The highest BCUT2D eigenvalue weighted by Crippen LogP contribution is 2.36. The maximum absolute atomic E-state index is 11.7. The van der Waals surface area contributed by atoms with Gasteiger partial charge in [-0.1, -0.05) is 0 Å². The maximum atomic E-state index is 11.7. The summed E-state index contributed by atoms with van der Waals surface area (Å²) < 4.78 is 53.3. The predicted molar refractivity (Wildman–Crippen MR) is 399 cm³/mol. The number of nitro groups is 4. The number of methoxy groups -OCH3 is 2. The number of halogens is 3. The van der Waals surface area contributed by atoms with Gasteiger partial charge in [0.05, 0.1) is 62.8 Å². The van der Waals surface area contributed by atoms with Crippen molar-refractivity contribution in [2.75, 3.05) is 20.8 Å². The smallest absolute Gasteiger partial charge is 0.508 e. The van der Waals surface area contributed by atoms with E-state index in [2.05, 4.69) is 4.74 Å². The summed E-state index contributed by atoms with van der Waals surface area (Å²) in [6, 6.07) is 33.5. The van der Waals surface area contributed by atoms with Gasteiger partial charge in [-0.25, -0.2) is 0 Å². The summed E-state index contributed by atoms with van der Waals surface area (Å²) in [5.74, 6) is -3.96. The van der Waals surface area contributed by atoms with Crippen LogP contribution in [0.1, 0.15) is 111 Å². The van der Waals surface area contributed by atoms with Gasteiger partial charge in [0, 0.05) is 75.8 Å². The van der Waals surface area contributed by atoms with Crippen LogP contribution in [-0.4, -0.2) is 181 Å². The molecule has 0 saturated heterocycles. The molecule has 10 rings (SSSR count). The van der Waals surface area contributed by atoms with Crippen molar-refractivity contribution in [3.8, 4) is 103 Å². The first-order valence-corrected chi connectivity index (χ1v) is 31.3. The summed E-state index contributed by atoms with van der Waals surface area (Å²) in [6.07, 6.45) is -0.0577. The summed E-state index contributed by atoms with van der Waals surface area (Å²) in [5.41, 5.74) is -0.161. The first-order chi connectivity index (χ1) is 55.6. The van der Waals surface area contributed by atoms with Crippen LogP contribution in [0.25, 0.3) is 0 Å². The molecule has 0 fully saturated rings. The predicted octanol–water partition coefficient (Wildman–Crippen LogP) is 11.8. The number of nitrogens with zero attached hydrogens (tertiary/aromatic N) is 4. The lowest BCUT2D eigenvalue weighted by Gasteiger charge is -2.09. The molecule has 0 aliphatic heterocycles. The third-order valence-electron chi connectivity index (χ3n) is 13.3. The SMILES string of the molecule is CCOc1cc(C=O)ccc1O.COc1cc(C=O)ccc1O.COc1ccc(C=O)cc1O.O=Cc1c(O)cc(O)cc1O.O=Cc1cc(O)c(O)c(O)c1.O=Cc1cc(O)ccc1[N+](=O)[O-].O=Cc1cc(OC(F)(F)F)ccc1O.O=Cc1cc([N+](=O)[O-])ccc1O.O=Cc1ccc(O)c([N+](=O)[O-])c1.O=Cc1ccc([N+](=O)[O-])c(O)c1. The molecule has 0 aliphatic carbocycles. The van der Waals surface area contributed by atoms with Gasteiger partial charge in [-0.2, -0.15) is 0 Å². The van der Waals surface area contributed by atoms with E-state index in [0.29, 0.717) is 97.1 Å². The van der Waals surface area contributed by atoms with E-state index >= 15 is 0 Å². The number of rotatable bonds is 19. The molecular weight excluding hydrogens is 1590 g/mol. The van der Waals surface area contributed by atoms with E-state index < -0.39 is 89.2 Å². The molecule has 0 spiro atoms. The van der Waals surface area contributed by atoms with Crippen molar-refractivity contribution in [3.05, 3.63) is 266 Å². The molecule has 0 bridgehead atoms. The highest BCUT2D eigenvalue weighted by molar-refractivity contribution is 5.85. The molecule has 118 heavy (non-hydrogen) atoms. The standard InChI is InChI=1S/C9H10O3.C8H5F3O3.2C8H8O3.4C7H5NO4.2C7H6O4/c1-2-12-9-5-7(6-10)3-4-8(9)11;9-8(10,11)14-6-1-2-7(13)5(3-6)4-12;1-11-8-3-2-6(5-9)4-7(8)10;1-11-8-4-6(5-9)2-3-7(8)10;9-4-5-3-6(10)1-2-7(5)8(11)12;9-4-5-3-6(8(11)12)1-2-7(5)10;9-4-5-1-2-7(10)6(3-5)8(11)12;9-4-5-1-2-6(8(11)12)7(10)3-5;8-3-5-6(10)1-4(9)2-7(5)11;8-3-4-1-5(9)7(11)6(10)2-4/h3-6,11H,2H2,1H3;1-4,13H;2*2-5,10H,1H3;4*1-4,10H;2*1-3,9-11H. The van der Waals surface area contributed by atoms with Crippen LogP contribution in [0.5, 0.6) is 103 Å². The Labute approximate surface area is 658 Å². The van der Waals surface area contributed by atoms with E-state index in [1.54, 1.807) is 12.1 Å². The molecule has 43 heteroatoms. The summed E-state index contributed by atoms with van der Waals surface area (Å²) in [7, 11) is 2.89. The Balaban J connectivity index is 0.000000656. The van der Waals surface area contributed by atoms with Gasteiger partial charge in [-0.15, -0.1) is 13.2 Å². The Bertz CT molecular complexity index is 5170. The van der Waals surface area contributed by atoms with Crippen molar-refractivity contribution >= 4 is 85.6 Å². The summed E-state index contributed by atoms with van der Waals surface area (Å²) >= 11 is 0. The van der Waals surface area contributed by atoms with E-state index in [4.69, 9.17) is 80.6 Å². The Hall–Kier alpha value is -17.3. The molecule has 10 aromatic carbocycles. The van der Waals surface area contributed by atoms with E-state index in [-0.39, 0.29) is 91.1 Å². The number of hydrogen-bond donors (Lipinski definition) is 14. The number of nitro benzene ring substituents is 4. The second-order valence-electron chi connectivity index (χ2n) is 21.3. The van der Waals surface area contributed by atoms with Crippen molar-refractivity contribution in [1.29, 1.82) is 0 Å². The normalized spacial score (nSPS) is 9.54.